The van der Waals surface area contributed by atoms with E-state index >= 15 is 0 Å². The Balaban J connectivity index is 1.61. The van der Waals surface area contributed by atoms with Crippen molar-refractivity contribution in [1.29, 1.82) is 0 Å². The number of carbonyl (C=O) groups excluding carboxylic acids is 1. The number of ether oxygens (including phenoxy) is 2. The number of sulfone groups is 1. The Morgan fingerprint density at radius 2 is 1.74 bits per heavy atom. The van der Waals surface area contributed by atoms with Crippen molar-refractivity contribution in [2.24, 2.45) is 0 Å². The highest BCUT2D eigenvalue weighted by molar-refractivity contribution is 7.92. The van der Waals surface area contributed by atoms with Crippen molar-refractivity contribution in [1.82, 2.24) is 4.98 Å². The summed E-state index contributed by atoms with van der Waals surface area (Å²) in [5.41, 5.74) is -2.15. The lowest BCUT2D eigenvalue weighted by atomic mass is 10.1. The van der Waals surface area contributed by atoms with Crippen LogP contribution in [0.2, 0.25) is 0 Å². The number of benzene rings is 2. The average Bonchev–Trinajstić information content (AvgIpc) is 2.91. The fourth-order valence-corrected chi connectivity index (χ4v) is 7.19. The van der Waals surface area contributed by atoms with E-state index in [-0.39, 0.29) is 46.4 Å². The van der Waals surface area contributed by atoms with Gasteiger partial charge in [0.1, 0.15) is 17.7 Å². The Kier molecular flexibility index (Phi) is 9.07. The summed E-state index contributed by atoms with van der Waals surface area (Å²) in [5.74, 6) is -2.42. The summed E-state index contributed by atoms with van der Waals surface area (Å²) in [4.78, 5) is 16.0. The molecule has 0 saturated carbocycles. The summed E-state index contributed by atoms with van der Waals surface area (Å²) in [7, 11) is -7.98. The zero-order chi connectivity index (χ0) is 31.6. The van der Waals surface area contributed by atoms with Gasteiger partial charge in [-0.3, -0.25) is 14.1 Å². The number of anilines is 1. The molecule has 2 aromatic carbocycles. The highest BCUT2D eigenvalue weighted by Gasteiger charge is 2.50. The first kappa shape index (κ1) is 32.2. The highest BCUT2D eigenvalue weighted by Crippen LogP contribution is 2.39. The van der Waals surface area contributed by atoms with Gasteiger partial charge in [-0.1, -0.05) is 12.1 Å². The number of hydrogen-bond donors (Lipinski definition) is 0. The molecule has 0 bridgehead atoms. The van der Waals surface area contributed by atoms with Crippen molar-refractivity contribution in [2.45, 2.75) is 55.2 Å². The summed E-state index contributed by atoms with van der Waals surface area (Å²) in [6, 6.07) is 11.3. The van der Waals surface area contributed by atoms with Crippen LogP contribution >= 0.6 is 0 Å². The number of carbonyl (C=O) groups is 1. The van der Waals surface area contributed by atoms with Crippen LogP contribution in [-0.4, -0.2) is 58.0 Å². The second-order valence-electron chi connectivity index (χ2n) is 10.4. The molecule has 2 heterocycles. The normalized spacial score (nSPS) is 15.9. The monoisotopic (exact) mass is 644 g/mol. The molecule has 1 aromatic heterocycles. The second-order valence-corrected chi connectivity index (χ2v) is 14.5. The van der Waals surface area contributed by atoms with Gasteiger partial charge in [0.15, 0.2) is 9.84 Å². The first-order chi connectivity index (χ1) is 20.0. The van der Waals surface area contributed by atoms with Crippen LogP contribution in [0.5, 0.6) is 5.75 Å². The van der Waals surface area contributed by atoms with E-state index in [0.717, 1.165) is 28.6 Å². The van der Waals surface area contributed by atoms with Gasteiger partial charge in [-0.2, -0.15) is 13.2 Å². The molecule has 0 spiro atoms. The lowest BCUT2D eigenvalue weighted by molar-refractivity contribution is -0.257. The molecule has 0 radical (unpaired) electrons. The first-order valence-corrected chi connectivity index (χ1v) is 16.2. The Bertz CT molecular complexity index is 1680. The Hall–Kier alpha value is -3.72. The van der Waals surface area contributed by atoms with Gasteiger partial charge in [0.2, 0.25) is 5.60 Å². The third-order valence-corrected chi connectivity index (χ3v) is 10.0. The maximum absolute atomic E-state index is 13.7. The summed E-state index contributed by atoms with van der Waals surface area (Å²) in [5, 5.41) is 0. The van der Waals surface area contributed by atoms with Gasteiger partial charge in [0.05, 0.1) is 35.1 Å². The van der Waals surface area contributed by atoms with Crippen LogP contribution in [-0.2, 0) is 41.6 Å². The van der Waals surface area contributed by atoms with Gasteiger partial charge in [-0.05, 0) is 73.9 Å². The highest BCUT2D eigenvalue weighted by atomic mass is 32.2. The molecule has 1 aliphatic heterocycles. The number of fused-ring (bicyclic) bond motifs is 1. The maximum Gasteiger partial charge on any atom is 0.427 e. The van der Waals surface area contributed by atoms with Gasteiger partial charge in [-0.15, -0.1) is 0 Å². The molecule has 0 saturated heterocycles. The SMILES string of the molecule is CC(C)(OC(=O)Cc1ccc2c(c1)N(S(=O)(=O)c1ccc(F)cc1)C[C@H](CCS(=O)(=O)Cc1cccnc1)O2)C(F)(F)F. The summed E-state index contributed by atoms with van der Waals surface area (Å²) >= 11 is 0. The van der Waals surface area contributed by atoms with E-state index in [1.807, 2.05) is 0 Å². The molecule has 0 unspecified atom stereocenters. The topological polar surface area (TPSA) is 120 Å². The van der Waals surface area contributed by atoms with Crippen LogP contribution in [0.3, 0.4) is 0 Å². The molecule has 15 heteroatoms. The third kappa shape index (κ3) is 7.82. The summed E-state index contributed by atoms with van der Waals surface area (Å²) in [6.45, 7) is 1.09. The van der Waals surface area contributed by atoms with Crippen molar-refractivity contribution in [3.63, 3.8) is 0 Å². The molecule has 9 nitrogen and oxygen atoms in total. The Morgan fingerprint density at radius 3 is 2.37 bits per heavy atom. The van der Waals surface area contributed by atoms with E-state index < -0.39 is 55.9 Å². The molecule has 1 atom stereocenters. The maximum atomic E-state index is 13.7. The van der Waals surface area contributed by atoms with Crippen LogP contribution in [0.25, 0.3) is 0 Å². The first-order valence-electron chi connectivity index (χ1n) is 12.9. The standard InChI is InChI=1S/C28H28F4N2O7S2/c1-27(2,28(30,31)32)41-26(35)15-19-5-10-25-24(14-19)34(43(38,39)23-8-6-21(29)7-9-23)17-22(40-25)11-13-42(36,37)18-20-4-3-12-33-16-20/h3-10,12,14,16,22H,11,13,15,17-18H2,1-2H3/t22-/m0/s1. The molecule has 3 aromatic rings. The Morgan fingerprint density at radius 1 is 1.05 bits per heavy atom. The molecule has 1 aliphatic rings. The molecule has 0 fully saturated rings. The van der Waals surface area contributed by atoms with Crippen LogP contribution in [0, 0.1) is 5.82 Å². The van der Waals surface area contributed by atoms with E-state index in [1.165, 1.54) is 30.6 Å². The lowest BCUT2D eigenvalue weighted by Gasteiger charge is -2.36. The van der Waals surface area contributed by atoms with Crippen LogP contribution in [0.15, 0.2) is 71.9 Å². The molecule has 4 rings (SSSR count). The smallest absolute Gasteiger partial charge is 0.427 e. The van der Waals surface area contributed by atoms with E-state index in [2.05, 4.69) is 9.72 Å². The predicted molar refractivity (Wildman–Crippen MR) is 148 cm³/mol. The molecular weight excluding hydrogens is 616 g/mol. The van der Waals surface area contributed by atoms with E-state index in [4.69, 9.17) is 4.74 Å². The largest absolute Gasteiger partial charge is 0.486 e. The fourth-order valence-electron chi connectivity index (χ4n) is 4.25. The average molecular weight is 645 g/mol. The van der Waals surface area contributed by atoms with E-state index in [9.17, 15) is 39.2 Å². The van der Waals surface area contributed by atoms with E-state index in [1.54, 1.807) is 12.1 Å². The van der Waals surface area contributed by atoms with Crippen LogP contribution in [0.4, 0.5) is 23.2 Å². The molecule has 232 valence electrons. The van der Waals surface area contributed by atoms with Gasteiger partial charge in [-0.25, -0.2) is 21.2 Å². The van der Waals surface area contributed by atoms with Crippen LogP contribution < -0.4 is 9.04 Å². The Labute approximate surface area is 246 Å². The molecule has 0 N–H and O–H groups in total. The third-order valence-electron chi connectivity index (χ3n) is 6.62. The number of pyridine rings is 1. The number of halogens is 4. The number of hydrogen-bond acceptors (Lipinski definition) is 8. The van der Waals surface area contributed by atoms with Crippen molar-refractivity contribution in [3.05, 3.63) is 83.9 Å². The minimum atomic E-state index is -4.81. The molecule has 43 heavy (non-hydrogen) atoms. The van der Waals surface area contributed by atoms with Gasteiger partial charge < -0.3 is 9.47 Å². The van der Waals surface area contributed by atoms with Gasteiger partial charge in [0.25, 0.3) is 10.0 Å². The van der Waals surface area contributed by atoms with Crippen molar-refractivity contribution < 1.29 is 48.7 Å². The quantitative estimate of drug-likeness (QED) is 0.232. The zero-order valence-corrected chi connectivity index (χ0v) is 24.7. The molecular formula is C28H28F4N2O7S2. The molecule has 0 amide bonds. The number of esters is 1. The number of alkyl halides is 3. The number of sulfonamides is 1. The molecule has 0 aliphatic carbocycles. The number of nitrogens with zero attached hydrogens (tertiary/aromatic N) is 2. The van der Waals surface area contributed by atoms with Crippen molar-refractivity contribution in [2.75, 3.05) is 16.6 Å². The van der Waals surface area contributed by atoms with Crippen molar-refractivity contribution >= 4 is 31.5 Å². The second kappa shape index (κ2) is 12.1. The van der Waals surface area contributed by atoms with Gasteiger partial charge in [0, 0.05) is 12.4 Å². The number of aromatic nitrogens is 1. The number of rotatable bonds is 10. The van der Waals surface area contributed by atoms with Crippen LogP contribution in [0.1, 0.15) is 31.4 Å². The summed E-state index contributed by atoms with van der Waals surface area (Å²) < 4.78 is 117. The van der Waals surface area contributed by atoms with E-state index in [0.29, 0.717) is 19.4 Å². The minimum Gasteiger partial charge on any atom is -0.486 e. The summed E-state index contributed by atoms with van der Waals surface area (Å²) in [6.07, 6.45) is -3.45. The van der Waals surface area contributed by atoms with Crippen molar-refractivity contribution in [3.8, 4) is 5.75 Å². The minimum absolute atomic E-state index is 0.0285. The van der Waals surface area contributed by atoms with Gasteiger partial charge >= 0.3 is 12.1 Å². The lowest BCUT2D eigenvalue weighted by Crippen LogP contribution is -2.44. The fraction of sp³-hybridized carbons (Fsp3) is 0.357. The zero-order valence-electron chi connectivity index (χ0n) is 23.0. The predicted octanol–water partition coefficient (Wildman–Crippen LogP) is 4.61.